The Balaban J connectivity index is 1.77. The first-order valence-corrected chi connectivity index (χ1v) is 8.83. The van der Waals surface area contributed by atoms with Gasteiger partial charge < -0.3 is 10.4 Å². The molecule has 1 aliphatic heterocycles. The molecule has 2 unspecified atom stereocenters. The van der Waals surface area contributed by atoms with Crippen molar-refractivity contribution in [2.24, 2.45) is 0 Å². The number of hydrazine groups is 1. The van der Waals surface area contributed by atoms with E-state index in [0.29, 0.717) is 13.0 Å². The summed E-state index contributed by atoms with van der Waals surface area (Å²) in [7, 11) is 0. The van der Waals surface area contributed by atoms with Gasteiger partial charge in [0.1, 0.15) is 11.8 Å². The van der Waals surface area contributed by atoms with Crippen molar-refractivity contribution in [1.82, 2.24) is 16.2 Å². The number of carbonyl (C=O) groups excluding carboxylic acids is 1. The van der Waals surface area contributed by atoms with Gasteiger partial charge in [-0.1, -0.05) is 41.5 Å². The standard InChI is InChI=1S/C20H29N3O2/c1-14(2)7-6-8-15(3)11-12-21-20(25)18-13-17(22-23-18)16-9-4-5-10-19(16)24/h4-5,7,9-11,17-18,22-24H,6,8,12-13H2,1-3H3,(H,21,25)/b15-11+. The Morgan fingerprint density at radius 3 is 2.72 bits per heavy atom. The molecule has 0 aromatic heterocycles. The van der Waals surface area contributed by atoms with Crippen molar-refractivity contribution in [2.75, 3.05) is 6.54 Å². The molecule has 1 amide bonds. The van der Waals surface area contributed by atoms with Crippen molar-refractivity contribution in [2.45, 2.75) is 52.1 Å². The van der Waals surface area contributed by atoms with Crippen LogP contribution < -0.4 is 16.2 Å². The molecule has 0 radical (unpaired) electrons. The minimum absolute atomic E-state index is 0.0289. The topological polar surface area (TPSA) is 73.4 Å². The van der Waals surface area contributed by atoms with Gasteiger partial charge in [-0.25, -0.2) is 10.9 Å². The number of para-hydroxylation sites is 1. The van der Waals surface area contributed by atoms with Gasteiger partial charge in [0.25, 0.3) is 0 Å². The third-order valence-electron chi connectivity index (χ3n) is 4.35. The number of phenols is 1. The summed E-state index contributed by atoms with van der Waals surface area (Å²) in [6, 6.07) is 6.83. The van der Waals surface area contributed by atoms with E-state index in [1.165, 1.54) is 11.1 Å². The normalized spacial score (nSPS) is 20.4. The molecule has 0 aliphatic carbocycles. The predicted octanol–water partition coefficient (Wildman–Crippen LogP) is 3.11. The number of allylic oxidation sites excluding steroid dienone is 3. The van der Waals surface area contributed by atoms with Gasteiger partial charge in [-0.3, -0.25) is 4.79 Å². The van der Waals surface area contributed by atoms with Crippen molar-refractivity contribution in [1.29, 1.82) is 0 Å². The van der Waals surface area contributed by atoms with Crippen LogP contribution in [0.5, 0.6) is 5.75 Å². The second-order valence-corrected chi connectivity index (χ2v) is 6.80. The Bertz CT molecular complexity index is 648. The fourth-order valence-electron chi connectivity index (χ4n) is 2.85. The predicted molar refractivity (Wildman–Crippen MR) is 101 cm³/mol. The molecule has 1 aliphatic rings. The van der Waals surface area contributed by atoms with Gasteiger partial charge in [-0.15, -0.1) is 0 Å². The van der Waals surface area contributed by atoms with Crippen LogP contribution in [0.2, 0.25) is 0 Å². The molecule has 5 nitrogen and oxygen atoms in total. The largest absolute Gasteiger partial charge is 0.508 e. The Morgan fingerprint density at radius 1 is 1.24 bits per heavy atom. The van der Waals surface area contributed by atoms with Gasteiger partial charge in [0, 0.05) is 12.1 Å². The number of benzene rings is 1. The molecule has 2 rings (SSSR count). The SMILES string of the molecule is CC(C)=CCC/C(C)=C/CNC(=O)C1CC(c2ccccc2O)NN1. The molecule has 4 N–H and O–H groups in total. The second kappa shape index (κ2) is 9.39. The lowest BCUT2D eigenvalue weighted by Gasteiger charge is -2.11. The molecule has 1 aromatic rings. The molecule has 1 heterocycles. The van der Waals surface area contributed by atoms with E-state index in [0.717, 1.165) is 18.4 Å². The fourth-order valence-corrected chi connectivity index (χ4v) is 2.85. The molecule has 0 saturated carbocycles. The lowest BCUT2D eigenvalue weighted by molar-refractivity contribution is -0.122. The summed E-state index contributed by atoms with van der Waals surface area (Å²) < 4.78 is 0. The van der Waals surface area contributed by atoms with Crippen molar-refractivity contribution >= 4 is 5.91 Å². The average molecular weight is 343 g/mol. The highest BCUT2D eigenvalue weighted by Gasteiger charge is 2.30. The average Bonchev–Trinajstić information content (AvgIpc) is 3.04. The van der Waals surface area contributed by atoms with E-state index in [1.54, 1.807) is 12.1 Å². The first-order valence-electron chi connectivity index (χ1n) is 8.83. The number of amides is 1. The zero-order valence-electron chi connectivity index (χ0n) is 15.3. The van der Waals surface area contributed by atoms with Crippen molar-refractivity contribution in [3.8, 4) is 5.75 Å². The van der Waals surface area contributed by atoms with E-state index in [1.807, 2.05) is 12.1 Å². The number of rotatable bonds is 7. The Kier molecular flexibility index (Phi) is 7.22. The molecule has 5 heteroatoms. The number of hydrogen-bond donors (Lipinski definition) is 4. The fraction of sp³-hybridized carbons (Fsp3) is 0.450. The smallest absolute Gasteiger partial charge is 0.238 e. The molecule has 0 spiro atoms. The van der Waals surface area contributed by atoms with Gasteiger partial charge in [-0.05, 0) is 46.1 Å². The second-order valence-electron chi connectivity index (χ2n) is 6.80. The van der Waals surface area contributed by atoms with Crippen molar-refractivity contribution in [3.63, 3.8) is 0 Å². The molecular formula is C20H29N3O2. The molecule has 1 saturated heterocycles. The maximum Gasteiger partial charge on any atom is 0.238 e. The third-order valence-corrected chi connectivity index (χ3v) is 4.35. The summed E-state index contributed by atoms with van der Waals surface area (Å²) in [5.41, 5.74) is 9.52. The van der Waals surface area contributed by atoms with Crippen LogP contribution in [0.1, 0.15) is 51.6 Å². The summed E-state index contributed by atoms with van der Waals surface area (Å²) in [5, 5.41) is 12.9. The van der Waals surface area contributed by atoms with Crippen molar-refractivity contribution < 1.29 is 9.90 Å². The molecule has 2 atom stereocenters. The number of carbonyl (C=O) groups is 1. The Morgan fingerprint density at radius 2 is 2.00 bits per heavy atom. The Labute approximate surface area is 150 Å². The number of hydrogen-bond acceptors (Lipinski definition) is 4. The molecule has 1 aromatic carbocycles. The quantitative estimate of drug-likeness (QED) is 0.574. The van der Waals surface area contributed by atoms with Gasteiger partial charge in [-0.2, -0.15) is 0 Å². The van der Waals surface area contributed by atoms with Crippen LogP contribution >= 0.6 is 0 Å². The first kappa shape index (κ1) is 19.2. The van der Waals surface area contributed by atoms with Crippen LogP contribution in [-0.4, -0.2) is 23.6 Å². The summed E-state index contributed by atoms with van der Waals surface area (Å²) in [5.74, 6) is 0.219. The third kappa shape index (κ3) is 6.03. The van der Waals surface area contributed by atoms with E-state index in [-0.39, 0.29) is 23.7 Å². The van der Waals surface area contributed by atoms with Crippen LogP contribution in [0.15, 0.2) is 47.6 Å². The first-order chi connectivity index (χ1) is 12.0. The van der Waals surface area contributed by atoms with Crippen molar-refractivity contribution in [3.05, 3.63) is 53.1 Å². The van der Waals surface area contributed by atoms with Gasteiger partial charge in [0.2, 0.25) is 5.91 Å². The summed E-state index contributed by atoms with van der Waals surface area (Å²) in [4.78, 5) is 12.3. The van der Waals surface area contributed by atoms with Crippen LogP contribution in [-0.2, 0) is 4.79 Å². The zero-order chi connectivity index (χ0) is 18.2. The van der Waals surface area contributed by atoms with Gasteiger partial charge in [0.05, 0.1) is 6.04 Å². The van der Waals surface area contributed by atoms with Crippen LogP contribution in [0.4, 0.5) is 0 Å². The maximum atomic E-state index is 12.3. The van der Waals surface area contributed by atoms with Crippen LogP contribution in [0.3, 0.4) is 0 Å². The number of aromatic hydroxyl groups is 1. The maximum absolute atomic E-state index is 12.3. The number of phenolic OH excluding ortho intramolecular Hbond substituents is 1. The molecule has 136 valence electrons. The molecule has 1 fully saturated rings. The van der Waals surface area contributed by atoms with E-state index in [9.17, 15) is 9.90 Å². The van der Waals surface area contributed by atoms with E-state index < -0.39 is 0 Å². The molecule has 25 heavy (non-hydrogen) atoms. The highest BCUT2D eigenvalue weighted by Crippen LogP contribution is 2.28. The summed E-state index contributed by atoms with van der Waals surface area (Å²) in [6.45, 7) is 6.84. The lowest BCUT2D eigenvalue weighted by Crippen LogP contribution is -2.43. The lowest BCUT2D eigenvalue weighted by atomic mass is 10.0. The highest BCUT2D eigenvalue weighted by atomic mass is 16.3. The monoisotopic (exact) mass is 343 g/mol. The van der Waals surface area contributed by atoms with E-state index in [4.69, 9.17) is 0 Å². The zero-order valence-corrected chi connectivity index (χ0v) is 15.3. The Hall–Kier alpha value is -2.11. The van der Waals surface area contributed by atoms with E-state index in [2.05, 4.69) is 49.1 Å². The minimum Gasteiger partial charge on any atom is -0.508 e. The van der Waals surface area contributed by atoms with Crippen LogP contribution in [0.25, 0.3) is 0 Å². The minimum atomic E-state index is -0.302. The van der Waals surface area contributed by atoms with Gasteiger partial charge in [0.15, 0.2) is 0 Å². The number of nitrogens with one attached hydrogen (secondary N) is 3. The molecule has 0 bridgehead atoms. The highest BCUT2D eigenvalue weighted by molar-refractivity contribution is 5.82. The van der Waals surface area contributed by atoms with E-state index >= 15 is 0 Å². The van der Waals surface area contributed by atoms with Gasteiger partial charge >= 0.3 is 0 Å². The van der Waals surface area contributed by atoms with Crippen LogP contribution in [0, 0.1) is 0 Å². The summed E-state index contributed by atoms with van der Waals surface area (Å²) >= 11 is 0. The molecular weight excluding hydrogens is 314 g/mol. The summed E-state index contributed by atoms with van der Waals surface area (Å²) in [6.07, 6.45) is 6.95.